The van der Waals surface area contributed by atoms with E-state index >= 15 is 0 Å². The number of nitrogens with zero attached hydrogens (tertiary/aromatic N) is 3. The topological polar surface area (TPSA) is 97.1 Å². The number of amides is 1. The molecule has 0 aromatic heterocycles. The first-order valence-corrected chi connectivity index (χ1v) is 11.0. The first kappa shape index (κ1) is 24.7. The summed E-state index contributed by atoms with van der Waals surface area (Å²) in [5.74, 6) is -0.511. The Morgan fingerprint density at radius 3 is 2.31 bits per heavy atom. The van der Waals surface area contributed by atoms with Crippen molar-refractivity contribution in [3.63, 3.8) is 0 Å². The summed E-state index contributed by atoms with van der Waals surface area (Å²) >= 11 is 0. The number of alkyl halides is 3. The average molecular weight is 498 g/mol. The number of benzene rings is 3. The van der Waals surface area contributed by atoms with Crippen molar-refractivity contribution in [2.75, 3.05) is 18.0 Å². The Morgan fingerprint density at radius 1 is 1.03 bits per heavy atom. The number of hydrogen-bond donors (Lipinski definition) is 1. The highest BCUT2D eigenvalue weighted by Crippen LogP contribution is 2.37. The summed E-state index contributed by atoms with van der Waals surface area (Å²) in [5.41, 5.74) is 2.65. The quantitative estimate of drug-likeness (QED) is 0.253. The summed E-state index contributed by atoms with van der Waals surface area (Å²) in [6.45, 7) is 2.03. The second kappa shape index (κ2) is 10.5. The highest BCUT2D eigenvalue weighted by atomic mass is 19.4. The molecule has 36 heavy (non-hydrogen) atoms. The molecule has 4 rings (SSSR count). The molecule has 0 radical (unpaired) electrons. The van der Waals surface area contributed by atoms with Crippen LogP contribution >= 0.6 is 0 Å². The standard InChI is InChI=1S/C25H21F3N4O4/c26-25(27,28)19-7-12-23(22(15-19)32(34)35)36-21-10-3-17(4-11-21)16-29-30-24(33)18-5-8-20(9-6-18)31-13-1-2-14-31/h3-12,15-16H,1-2,13-14H2,(H,30,33)/b29-16-. The zero-order valence-corrected chi connectivity index (χ0v) is 18.9. The maximum Gasteiger partial charge on any atom is 0.416 e. The van der Waals surface area contributed by atoms with Crippen molar-refractivity contribution in [1.82, 2.24) is 5.43 Å². The largest absolute Gasteiger partial charge is 0.450 e. The first-order valence-electron chi connectivity index (χ1n) is 11.0. The number of hydrazone groups is 1. The summed E-state index contributed by atoms with van der Waals surface area (Å²) in [7, 11) is 0. The number of nitro groups is 1. The van der Waals surface area contributed by atoms with Crippen LogP contribution in [0.5, 0.6) is 11.5 Å². The predicted octanol–water partition coefficient (Wildman–Crippen LogP) is 5.77. The SMILES string of the molecule is O=C(N/N=C\c1ccc(Oc2ccc(C(F)(F)F)cc2[N+](=O)[O-])cc1)c1ccc(N2CCCC2)cc1. The third kappa shape index (κ3) is 5.98. The van der Waals surface area contributed by atoms with Crippen LogP contribution < -0.4 is 15.1 Å². The minimum atomic E-state index is -4.71. The highest BCUT2D eigenvalue weighted by Gasteiger charge is 2.33. The van der Waals surface area contributed by atoms with Gasteiger partial charge in [-0.25, -0.2) is 5.43 Å². The van der Waals surface area contributed by atoms with Crippen LogP contribution in [0.1, 0.15) is 34.3 Å². The molecule has 0 unspecified atom stereocenters. The zero-order valence-electron chi connectivity index (χ0n) is 18.9. The summed E-state index contributed by atoms with van der Waals surface area (Å²) in [4.78, 5) is 24.8. The van der Waals surface area contributed by atoms with Crippen LogP contribution in [0.4, 0.5) is 24.5 Å². The lowest BCUT2D eigenvalue weighted by atomic mass is 10.2. The Morgan fingerprint density at radius 2 is 1.69 bits per heavy atom. The van der Waals surface area contributed by atoms with Crippen LogP contribution in [0.2, 0.25) is 0 Å². The molecule has 0 aliphatic carbocycles. The van der Waals surface area contributed by atoms with Gasteiger partial charge < -0.3 is 9.64 Å². The van der Waals surface area contributed by atoms with E-state index in [1.54, 1.807) is 24.3 Å². The first-order chi connectivity index (χ1) is 17.2. The van der Waals surface area contributed by atoms with Gasteiger partial charge in [0.05, 0.1) is 16.7 Å². The lowest BCUT2D eigenvalue weighted by molar-refractivity contribution is -0.385. The van der Waals surface area contributed by atoms with E-state index in [2.05, 4.69) is 15.4 Å². The number of carbonyl (C=O) groups excluding carboxylic acids is 1. The van der Waals surface area contributed by atoms with E-state index in [-0.39, 0.29) is 17.4 Å². The van der Waals surface area contributed by atoms with E-state index < -0.39 is 22.4 Å². The Kier molecular flexibility index (Phi) is 7.18. The molecule has 0 spiro atoms. The van der Waals surface area contributed by atoms with E-state index in [1.807, 2.05) is 12.1 Å². The van der Waals surface area contributed by atoms with Gasteiger partial charge in [-0.05, 0) is 79.1 Å². The van der Waals surface area contributed by atoms with Gasteiger partial charge in [0, 0.05) is 30.4 Å². The van der Waals surface area contributed by atoms with E-state index in [0.717, 1.165) is 24.8 Å². The molecule has 1 N–H and O–H groups in total. The number of ether oxygens (including phenoxy) is 1. The van der Waals surface area contributed by atoms with Crippen LogP contribution in [0.15, 0.2) is 71.8 Å². The summed E-state index contributed by atoms with van der Waals surface area (Å²) in [6, 6.07) is 15.4. The minimum absolute atomic E-state index is 0.178. The molecule has 0 bridgehead atoms. The van der Waals surface area contributed by atoms with Crippen LogP contribution in [0, 0.1) is 10.1 Å². The molecular weight excluding hydrogens is 477 g/mol. The second-order valence-corrected chi connectivity index (χ2v) is 8.05. The Hall–Kier alpha value is -4.41. The van der Waals surface area contributed by atoms with Crippen molar-refractivity contribution in [3.8, 4) is 11.5 Å². The number of rotatable bonds is 7. The monoisotopic (exact) mass is 498 g/mol. The molecule has 11 heteroatoms. The van der Waals surface area contributed by atoms with Gasteiger partial charge in [0.25, 0.3) is 5.91 Å². The van der Waals surface area contributed by atoms with Crippen molar-refractivity contribution in [2.24, 2.45) is 5.10 Å². The number of nitro benzene ring substituents is 1. The molecule has 1 amide bonds. The van der Waals surface area contributed by atoms with Gasteiger partial charge in [-0.2, -0.15) is 18.3 Å². The van der Waals surface area contributed by atoms with Crippen molar-refractivity contribution >= 4 is 23.5 Å². The van der Waals surface area contributed by atoms with Gasteiger partial charge in [0.15, 0.2) is 0 Å². The number of nitrogens with one attached hydrogen (secondary N) is 1. The lowest BCUT2D eigenvalue weighted by Gasteiger charge is -2.17. The second-order valence-electron chi connectivity index (χ2n) is 8.05. The number of carbonyl (C=O) groups is 1. The molecule has 1 saturated heterocycles. The van der Waals surface area contributed by atoms with Gasteiger partial charge in [-0.3, -0.25) is 14.9 Å². The van der Waals surface area contributed by atoms with Crippen molar-refractivity contribution in [1.29, 1.82) is 0 Å². The molecule has 0 atom stereocenters. The lowest BCUT2D eigenvalue weighted by Crippen LogP contribution is -2.19. The maximum atomic E-state index is 12.9. The average Bonchev–Trinajstić information content (AvgIpc) is 3.40. The third-order valence-electron chi connectivity index (χ3n) is 5.57. The van der Waals surface area contributed by atoms with Gasteiger partial charge in [-0.1, -0.05) is 0 Å². The fraction of sp³-hybridized carbons (Fsp3) is 0.200. The molecule has 0 saturated carbocycles. The molecular formula is C25H21F3N4O4. The number of anilines is 1. The molecule has 3 aromatic rings. The van der Waals surface area contributed by atoms with E-state index in [4.69, 9.17) is 4.74 Å². The van der Waals surface area contributed by atoms with Gasteiger partial charge in [0.1, 0.15) is 5.75 Å². The fourth-order valence-electron chi connectivity index (χ4n) is 3.70. The zero-order chi connectivity index (χ0) is 25.7. The summed E-state index contributed by atoms with van der Waals surface area (Å²) < 4.78 is 44.0. The molecule has 8 nitrogen and oxygen atoms in total. The maximum absolute atomic E-state index is 12.9. The minimum Gasteiger partial charge on any atom is -0.450 e. The Labute approximate surface area is 204 Å². The van der Waals surface area contributed by atoms with Gasteiger partial charge in [0.2, 0.25) is 5.75 Å². The Balaban J connectivity index is 1.36. The number of halogens is 3. The summed E-state index contributed by atoms with van der Waals surface area (Å²) in [6.07, 6.45) is -0.977. The molecule has 1 heterocycles. The van der Waals surface area contributed by atoms with E-state index in [0.29, 0.717) is 23.3 Å². The van der Waals surface area contributed by atoms with Gasteiger partial charge >= 0.3 is 11.9 Å². The van der Waals surface area contributed by atoms with Crippen LogP contribution in [-0.4, -0.2) is 30.1 Å². The van der Waals surface area contributed by atoms with Crippen molar-refractivity contribution in [3.05, 3.63) is 93.5 Å². The fourth-order valence-corrected chi connectivity index (χ4v) is 3.70. The molecule has 3 aromatic carbocycles. The van der Waals surface area contributed by atoms with Crippen LogP contribution in [0.3, 0.4) is 0 Å². The Bertz CT molecular complexity index is 1270. The van der Waals surface area contributed by atoms with Crippen LogP contribution in [-0.2, 0) is 6.18 Å². The normalized spacial score (nSPS) is 13.7. The van der Waals surface area contributed by atoms with Crippen molar-refractivity contribution in [2.45, 2.75) is 19.0 Å². The molecule has 1 fully saturated rings. The van der Waals surface area contributed by atoms with E-state index in [9.17, 15) is 28.1 Å². The van der Waals surface area contributed by atoms with E-state index in [1.165, 1.54) is 31.2 Å². The number of hydrogen-bond acceptors (Lipinski definition) is 6. The highest BCUT2D eigenvalue weighted by molar-refractivity contribution is 5.95. The molecule has 1 aliphatic rings. The van der Waals surface area contributed by atoms with Crippen molar-refractivity contribution < 1.29 is 27.6 Å². The third-order valence-corrected chi connectivity index (χ3v) is 5.57. The predicted molar refractivity (Wildman–Crippen MR) is 128 cm³/mol. The van der Waals surface area contributed by atoms with Crippen LogP contribution in [0.25, 0.3) is 0 Å². The van der Waals surface area contributed by atoms with Gasteiger partial charge in [-0.15, -0.1) is 0 Å². The summed E-state index contributed by atoms with van der Waals surface area (Å²) in [5, 5.41) is 15.1. The smallest absolute Gasteiger partial charge is 0.416 e. The molecule has 1 aliphatic heterocycles. The molecule has 186 valence electrons.